The minimum atomic E-state index is -0.274. The molecule has 0 bridgehead atoms. The van der Waals surface area contributed by atoms with E-state index in [9.17, 15) is 9.18 Å². The number of amides is 1. The van der Waals surface area contributed by atoms with E-state index in [1.165, 1.54) is 12.1 Å². The number of thiazole rings is 1. The first-order chi connectivity index (χ1) is 16.0. The Balaban J connectivity index is 1.32. The van der Waals surface area contributed by atoms with Crippen LogP contribution in [-0.4, -0.2) is 51.8 Å². The van der Waals surface area contributed by atoms with Crippen molar-refractivity contribution >= 4 is 32.7 Å². The summed E-state index contributed by atoms with van der Waals surface area (Å²) in [7, 11) is 0. The number of hydrogen-bond acceptors (Lipinski definition) is 5. The predicted octanol–water partition coefficient (Wildman–Crippen LogP) is 4.52. The molecule has 3 heterocycles. The van der Waals surface area contributed by atoms with E-state index in [0.717, 1.165) is 64.0 Å². The van der Waals surface area contributed by atoms with Crippen LogP contribution in [0.4, 0.5) is 9.52 Å². The number of carbonyl (C=O) groups is 1. The zero-order valence-electron chi connectivity index (χ0n) is 18.8. The van der Waals surface area contributed by atoms with E-state index in [-0.39, 0.29) is 11.7 Å². The standard InChI is InChI=1S/C25H26FN5OS/c1-17-6-3-4-7-19(17)16-22(32)29-12-5-13-30(15-14-29)25-27-24-23(33-25)18(2)28-31(24)21-10-8-20(26)9-11-21/h3-4,6-11H,5,12-16H2,1-2H3. The van der Waals surface area contributed by atoms with Crippen molar-refractivity contribution in [2.24, 2.45) is 0 Å². The molecule has 1 aliphatic heterocycles. The maximum atomic E-state index is 13.4. The molecule has 0 aliphatic carbocycles. The molecule has 1 amide bonds. The largest absolute Gasteiger partial charge is 0.346 e. The van der Waals surface area contributed by atoms with Crippen LogP contribution in [-0.2, 0) is 11.2 Å². The molecule has 0 unspecified atom stereocenters. The van der Waals surface area contributed by atoms with Gasteiger partial charge in [-0.3, -0.25) is 4.79 Å². The number of carbonyl (C=O) groups excluding carboxylic acids is 1. The fourth-order valence-corrected chi connectivity index (χ4v) is 5.30. The Hall–Kier alpha value is -3.26. The highest BCUT2D eigenvalue weighted by atomic mass is 32.1. The van der Waals surface area contributed by atoms with Crippen molar-refractivity contribution in [3.05, 3.63) is 71.2 Å². The minimum absolute atomic E-state index is 0.179. The second-order valence-electron chi connectivity index (χ2n) is 8.45. The van der Waals surface area contributed by atoms with Gasteiger partial charge in [0.1, 0.15) is 5.82 Å². The van der Waals surface area contributed by atoms with Crippen LogP contribution in [0.1, 0.15) is 23.2 Å². The van der Waals surface area contributed by atoms with Crippen LogP contribution in [0.5, 0.6) is 0 Å². The van der Waals surface area contributed by atoms with Crippen molar-refractivity contribution in [3.8, 4) is 5.69 Å². The summed E-state index contributed by atoms with van der Waals surface area (Å²) in [6, 6.07) is 14.4. The molecule has 0 atom stereocenters. The Morgan fingerprint density at radius 3 is 2.61 bits per heavy atom. The lowest BCUT2D eigenvalue weighted by molar-refractivity contribution is -0.130. The molecule has 1 saturated heterocycles. The Morgan fingerprint density at radius 1 is 1.03 bits per heavy atom. The maximum absolute atomic E-state index is 13.4. The number of aryl methyl sites for hydroxylation is 2. The van der Waals surface area contributed by atoms with Gasteiger partial charge in [-0.25, -0.2) is 9.07 Å². The summed E-state index contributed by atoms with van der Waals surface area (Å²) in [5, 5.41) is 5.55. The monoisotopic (exact) mass is 463 g/mol. The smallest absolute Gasteiger partial charge is 0.227 e. The van der Waals surface area contributed by atoms with Gasteiger partial charge in [0.25, 0.3) is 0 Å². The van der Waals surface area contributed by atoms with Gasteiger partial charge in [0.15, 0.2) is 10.8 Å². The van der Waals surface area contributed by atoms with Crippen LogP contribution in [0.3, 0.4) is 0 Å². The Kier molecular flexibility index (Phi) is 5.85. The first kappa shape index (κ1) is 21.6. The molecule has 2 aromatic carbocycles. The molecule has 170 valence electrons. The average molecular weight is 464 g/mol. The van der Waals surface area contributed by atoms with Crippen molar-refractivity contribution in [3.63, 3.8) is 0 Å². The lowest BCUT2D eigenvalue weighted by Gasteiger charge is -2.22. The molecule has 0 radical (unpaired) electrons. The molecular weight excluding hydrogens is 437 g/mol. The SMILES string of the molecule is Cc1ccccc1CC(=O)N1CCCN(c2nc3c(s2)c(C)nn3-c2ccc(F)cc2)CC1. The van der Waals surface area contributed by atoms with Gasteiger partial charge in [0.2, 0.25) is 5.91 Å². The molecule has 1 fully saturated rings. The number of aromatic nitrogens is 3. The number of hydrogen-bond donors (Lipinski definition) is 0. The van der Waals surface area contributed by atoms with E-state index < -0.39 is 0 Å². The van der Waals surface area contributed by atoms with E-state index >= 15 is 0 Å². The molecule has 4 aromatic rings. The van der Waals surface area contributed by atoms with Crippen LogP contribution < -0.4 is 4.90 Å². The molecule has 0 N–H and O–H groups in total. The topological polar surface area (TPSA) is 54.3 Å². The summed E-state index contributed by atoms with van der Waals surface area (Å²) in [5.74, 6) is -0.0952. The third-order valence-corrected chi connectivity index (χ3v) is 7.38. The van der Waals surface area contributed by atoms with Crippen molar-refractivity contribution in [2.75, 3.05) is 31.1 Å². The second-order valence-corrected chi connectivity index (χ2v) is 9.42. The van der Waals surface area contributed by atoms with Gasteiger partial charge >= 0.3 is 0 Å². The highest BCUT2D eigenvalue weighted by molar-refractivity contribution is 7.22. The van der Waals surface area contributed by atoms with Gasteiger partial charge in [-0.15, -0.1) is 0 Å². The number of benzene rings is 2. The van der Waals surface area contributed by atoms with Gasteiger partial charge in [-0.05, 0) is 55.7 Å². The highest BCUT2D eigenvalue weighted by Crippen LogP contribution is 2.33. The minimum Gasteiger partial charge on any atom is -0.346 e. The van der Waals surface area contributed by atoms with E-state index in [4.69, 9.17) is 4.98 Å². The van der Waals surface area contributed by atoms with Crippen LogP contribution >= 0.6 is 11.3 Å². The lowest BCUT2D eigenvalue weighted by Crippen LogP contribution is -2.36. The number of halogens is 1. The molecule has 5 rings (SSSR count). The summed E-state index contributed by atoms with van der Waals surface area (Å²) < 4.78 is 16.2. The predicted molar refractivity (Wildman–Crippen MR) is 130 cm³/mol. The number of rotatable bonds is 4. The maximum Gasteiger partial charge on any atom is 0.227 e. The molecule has 0 spiro atoms. The number of fused-ring (bicyclic) bond motifs is 1. The van der Waals surface area contributed by atoms with Crippen LogP contribution in [0.15, 0.2) is 48.5 Å². The first-order valence-electron chi connectivity index (χ1n) is 11.2. The van der Waals surface area contributed by atoms with E-state index in [1.54, 1.807) is 28.2 Å². The third-order valence-electron chi connectivity index (χ3n) is 6.17. The zero-order chi connectivity index (χ0) is 22.9. The summed E-state index contributed by atoms with van der Waals surface area (Å²) in [5.41, 5.74) is 4.73. The van der Waals surface area contributed by atoms with Gasteiger partial charge in [0.05, 0.1) is 22.5 Å². The molecular formula is C25H26FN5OS. The fourth-order valence-electron chi connectivity index (χ4n) is 4.26. The quantitative estimate of drug-likeness (QED) is 0.447. The van der Waals surface area contributed by atoms with Crippen molar-refractivity contribution in [2.45, 2.75) is 26.7 Å². The molecule has 2 aromatic heterocycles. The van der Waals surface area contributed by atoms with Crippen molar-refractivity contribution < 1.29 is 9.18 Å². The summed E-state index contributed by atoms with van der Waals surface area (Å²) in [6.07, 6.45) is 1.35. The molecule has 1 aliphatic rings. The second kappa shape index (κ2) is 8.94. The molecule has 0 saturated carbocycles. The van der Waals surface area contributed by atoms with Crippen LogP contribution in [0.25, 0.3) is 16.0 Å². The van der Waals surface area contributed by atoms with Crippen LogP contribution in [0.2, 0.25) is 0 Å². The van der Waals surface area contributed by atoms with Gasteiger partial charge in [-0.1, -0.05) is 35.6 Å². The van der Waals surface area contributed by atoms with Gasteiger partial charge < -0.3 is 9.80 Å². The normalized spacial score (nSPS) is 14.6. The zero-order valence-corrected chi connectivity index (χ0v) is 19.6. The fraction of sp³-hybridized carbons (Fsp3) is 0.320. The Labute approximate surface area is 196 Å². The van der Waals surface area contributed by atoms with E-state index in [1.807, 2.05) is 30.0 Å². The average Bonchev–Trinajstić information content (AvgIpc) is 3.26. The number of anilines is 1. The van der Waals surface area contributed by atoms with Crippen molar-refractivity contribution in [1.82, 2.24) is 19.7 Å². The van der Waals surface area contributed by atoms with E-state index in [0.29, 0.717) is 13.0 Å². The van der Waals surface area contributed by atoms with Gasteiger partial charge in [0, 0.05) is 26.2 Å². The number of nitrogens with zero attached hydrogens (tertiary/aromatic N) is 5. The first-order valence-corrected chi connectivity index (χ1v) is 12.0. The highest BCUT2D eigenvalue weighted by Gasteiger charge is 2.23. The summed E-state index contributed by atoms with van der Waals surface area (Å²) in [6.45, 7) is 7.07. The lowest BCUT2D eigenvalue weighted by atomic mass is 10.1. The van der Waals surface area contributed by atoms with E-state index in [2.05, 4.69) is 23.0 Å². The van der Waals surface area contributed by atoms with Crippen LogP contribution in [0, 0.1) is 19.7 Å². The Bertz CT molecular complexity index is 1300. The molecule has 8 heteroatoms. The Morgan fingerprint density at radius 2 is 1.82 bits per heavy atom. The third kappa shape index (κ3) is 4.35. The van der Waals surface area contributed by atoms with Crippen molar-refractivity contribution in [1.29, 1.82) is 0 Å². The molecule has 33 heavy (non-hydrogen) atoms. The summed E-state index contributed by atoms with van der Waals surface area (Å²) in [4.78, 5) is 22.1. The summed E-state index contributed by atoms with van der Waals surface area (Å²) >= 11 is 1.63. The van der Waals surface area contributed by atoms with Gasteiger partial charge in [-0.2, -0.15) is 10.1 Å². The molecule has 6 nitrogen and oxygen atoms in total.